The number of hydrogen-bond acceptors (Lipinski definition) is 10. The molecule has 10 nitrogen and oxygen atoms in total. The van der Waals surface area contributed by atoms with Crippen LogP contribution in [0.2, 0.25) is 0 Å². The smallest absolute Gasteiger partial charge is 0.485 e. The van der Waals surface area contributed by atoms with Crippen molar-refractivity contribution in [3.05, 3.63) is 170 Å². The molecule has 71 heavy (non-hydrogen) atoms. The second kappa shape index (κ2) is 23.2. The number of halogens is 12. The van der Waals surface area contributed by atoms with Crippen molar-refractivity contribution in [1.82, 2.24) is 0 Å². The lowest BCUT2D eigenvalue weighted by atomic mass is 10.1. The minimum atomic E-state index is -7.43. The van der Waals surface area contributed by atoms with Crippen molar-refractivity contribution in [2.45, 2.75) is 67.9 Å². The summed E-state index contributed by atoms with van der Waals surface area (Å²) in [6.07, 6.45) is -4.70. The highest BCUT2D eigenvalue weighted by Crippen LogP contribution is 2.54. The molecule has 0 radical (unpaired) electrons. The van der Waals surface area contributed by atoms with Gasteiger partial charge in [-0.25, -0.2) is 33.7 Å². The fraction of sp³-hybridized carbons (Fsp3) is 0.163. The summed E-state index contributed by atoms with van der Waals surface area (Å²) in [6.45, 7) is 0. The highest BCUT2D eigenvalue weighted by molar-refractivity contribution is 7.97. The largest absolute Gasteiger partial charge is 0.743 e. The molecule has 0 atom stereocenters. The summed E-state index contributed by atoms with van der Waals surface area (Å²) in [4.78, 5) is 7.77. The zero-order chi connectivity index (χ0) is 54.1. The van der Waals surface area contributed by atoms with Crippen LogP contribution in [0.3, 0.4) is 0 Å². The van der Waals surface area contributed by atoms with Crippen LogP contribution >= 0.6 is 0 Å². The van der Waals surface area contributed by atoms with Crippen molar-refractivity contribution in [2.75, 3.05) is 12.5 Å². The second-order valence-electron chi connectivity index (χ2n) is 13.9. The summed E-state index contributed by atoms with van der Waals surface area (Å²) in [5.74, 6) is -14.8. The first kappa shape index (κ1) is 60.2. The zero-order valence-electron chi connectivity index (χ0n) is 35.7. The van der Waals surface area contributed by atoms with Crippen molar-refractivity contribution in [1.29, 1.82) is 0 Å². The fourth-order valence-electron chi connectivity index (χ4n) is 5.21. The molecule has 0 heterocycles. The Hall–Kier alpha value is -5.10. The van der Waals surface area contributed by atoms with Gasteiger partial charge in [-0.05, 0) is 97.1 Å². The topological polar surface area (TPSA) is 183 Å². The van der Waals surface area contributed by atoms with Gasteiger partial charge in [0.1, 0.15) is 0 Å². The first-order valence-electron chi connectivity index (χ1n) is 18.8. The summed E-state index contributed by atoms with van der Waals surface area (Å²) < 4.78 is 241. The molecule has 6 rings (SSSR count). The number of alkyl halides is 12. The van der Waals surface area contributed by atoms with E-state index < -0.39 is 68.7 Å². The van der Waals surface area contributed by atoms with Gasteiger partial charge in [0, 0.05) is 12.5 Å². The maximum absolute atomic E-state index is 12.2. The lowest BCUT2D eigenvalue weighted by molar-refractivity contribution is -0.382. The van der Waals surface area contributed by atoms with E-state index in [1.807, 2.05) is 97.1 Å². The molecule has 386 valence electrons. The maximum atomic E-state index is 12.2. The van der Waals surface area contributed by atoms with Gasteiger partial charge in [-0.15, -0.1) is 0 Å². The summed E-state index contributed by atoms with van der Waals surface area (Å²) in [6, 6.07) is 55.6. The van der Waals surface area contributed by atoms with Crippen LogP contribution in [0.5, 0.6) is 0 Å². The molecule has 0 aromatic heterocycles. The number of sulfone groups is 2. The van der Waals surface area contributed by atoms with Crippen molar-refractivity contribution < 1.29 is 95.5 Å². The fourth-order valence-corrected chi connectivity index (χ4v) is 11.1. The van der Waals surface area contributed by atoms with Crippen LogP contribution < -0.4 is 0 Å². The summed E-state index contributed by atoms with van der Waals surface area (Å²) >= 11 is 0. The van der Waals surface area contributed by atoms with Crippen LogP contribution in [0.1, 0.15) is 0 Å². The van der Waals surface area contributed by atoms with E-state index in [-0.39, 0.29) is 21.8 Å². The van der Waals surface area contributed by atoms with E-state index in [0.717, 1.165) is 9.79 Å². The molecular weight excluding hydrogens is 1100 g/mol. The number of hydrogen-bond donors (Lipinski definition) is 0. The molecule has 0 aliphatic carbocycles. The first-order valence-corrected chi connectivity index (χ1v) is 27.9. The third-order valence-electron chi connectivity index (χ3n) is 8.60. The van der Waals surface area contributed by atoms with Gasteiger partial charge < -0.3 is 9.11 Å². The lowest BCUT2D eigenvalue weighted by Crippen LogP contribution is -2.63. The van der Waals surface area contributed by atoms with Crippen LogP contribution in [0.4, 0.5) is 52.7 Å². The maximum Gasteiger partial charge on any atom is 0.485 e. The molecule has 0 fully saturated rings. The SMILES string of the molecule is CS(=O)(=O)c1ccc([S+](c2ccccc2)c2ccccc2)cc1.CS(=O)(=O)c1ccc([S+](c2ccccc2)c2ccccc2)cc1.O=S(=O)([O-])C(F)(F)C(F)(F)C(F)(F)C(F)(F)F.O=S(=O)([O-])C(F)(F)F. The molecule has 0 aliphatic heterocycles. The molecule has 6 aromatic carbocycles. The average molecular weight is 1130 g/mol. The minimum Gasteiger partial charge on any atom is -0.743 e. The minimum absolute atomic E-state index is 0.245. The predicted molar refractivity (Wildman–Crippen MR) is 236 cm³/mol. The van der Waals surface area contributed by atoms with Crippen LogP contribution in [-0.4, -0.2) is 84.1 Å². The van der Waals surface area contributed by atoms with Crippen LogP contribution in [0.25, 0.3) is 0 Å². The number of benzene rings is 6. The molecule has 0 saturated heterocycles. The van der Waals surface area contributed by atoms with E-state index in [2.05, 4.69) is 48.5 Å². The standard InChI is InChI=1S/2C19H17O2S2.C4HF9O3S.CHF3O3S/c2*1-23(20,21)19-14-12-18(13-15-19)22(16-8-4-2-5-9-16)17-10-6-3-7-11-17;5-1(6,3(9,10)11)2(7,8)4(12,13)17(14,15)16;2-1(3,4)8(5,6)7/h2*2-15H,1H3;(H,14,15,16);(H,5,6,7)/q2*+1;;/p-2. The highest BCUT2D eigenvalue weighted by atomic mass is 32.2. The second-order valence-corrected chi connectivity index (χ2v) is 24.7. The van der Waals surface area contributed by atoms with Gasteiger partial charge in [0.2, 0.25) is 0 Å². The molecule has 6 aromatic rings. The predicted octanol–water partition coefficient (Wildman–Crippen LogP) is 10.4. The quantitative estimate of drug-likeness (QED) is 0.0524. The molecule has 0 unspecified atom stereocenters. The van der Waals surface area contributed by atoms with Crippen molar-refractivity contribution >= 4 is 61.7 Å². The van der Waals surface area contributed by atoms with E-state index in [4.69, 9.17) is 13.0 Å². The van der Waals surface area contributed by atoms with E-state index in [1.54, 1.807) is 24.3 Å². The Bertz CT molecular complexity index is 2880. The van der Waals surface area contributed by atoms with Crippen molar-refractivity contribution in [3.8, 4) is 0 Å². The van der Waals surface area contributed by atoms with Gasteiger partial charge in [-0.3, -0.25) is 0 Å². The van der Waals surface area contributed by atoms with E-state index in [0.29, 0.717) is 9.79 Å². The van der Waals surface area contributed by atoms with Crippen LogP contribution in [0.15, 0.2) is 209 Å². The molecule has 0 spiro atoms. The Morgan fingerprint density at radius 3 is 0.718 bits per heavy atom. The zero-order valence-corrected chi connectivity index (χ0v) is 40.6. The number of rotatable bonds is 11. The molecule has 0 aliphatic rings. The lowest BCUT2D eigenvalue weighted by Gasteiger charge is -2.34. The van der Waals surface area contributed by atoms with E-state index in [1.165, 1.54) is 32.1 Å². The van der Waals surface area contributed by atoms with Gasteiger partial charge in [0.15, 0.2) is 69.3 Å². The molecule has 0 amide bonds. The monoisotopic (exact) mass is 1130 g/mol. The van der Waals surface area contributed by atoms with Gasteiger partial charge in [0.05, 0.1) is 31.6 Å². The Balaban J connectivity index is 0.000000264. The average Bonchev–Trinajstić information content (AvgIpc) is 3.27. The molecule has 0 saturated carbocycles. The third kappa shape index (κ3) is 15.7. The Labute approximate surface area is 405 Å². The Morgan fingerprint density at radius 1 is 0.338 bits per heavy atom. The van der Waals surface area contributed by atoms with Gasteiger partial charge in [-0.2, -0.15) is 52.7 Å². The summed E-state index contributed by atoms with van der Waals surface area (Å²) in [5.41, 5.74) is -5.65. The van der Waals surface area contributed by atoms with Crippen LogP contribution in [0, 0.1) is 0 Å². The van der Waals surface area contributed by atoms with Gasteiger partial charge in [-0.1, -0.05) is 72.8 Å². The van der Waals surface area contributed by atoms with Gasteiger partial charge >= 0.3 is 28.8 Å². The van der Waals surface area contributed by atoms with Crippen molar-refractivity contribution in [3.63, 3.8) is 0 Å². The normalized spacial score (nSPS) is 12.9. The molecular formula is C43H34F12O10S6. The van der Waals surface area contributed by atoms with Crippen LogP contribution in [-0.2, 0) is 61.7 Å². The van der Waals surface area contributed by atoms with E-state index >= 15 is 0 Å². The molecule has 28 heteroatoms. The summed E-state index contributed by atoms with van der Waals surface area (Å²) in [7, 11) is -20.3. The van der Waals surface area contributed by atoms with Gasteiger partial charge in [0.25, 0.3) is 0 Å². The summed E-state index contributed by atoms with van der Waals surface area (Å²) in [5, 5.41) is -7.11. The third-order valence-corrected chi connectivity index (χ3v) is 16.8. The van der Waals surface area contributed by atoms with Crippen molar-refractivity contribution in [2.24, 2.45) is 0 Å². The first-order chi connectivity index (χ1) is 32.4. The Morgan fingerprint density at radius 2 is 0.549 bits per heavy atom. The Kier molecular flexibility index (Phi) is 19.7. The van der Waals surface area contributed by atoms with E-state index in [9.17, 15) is 82.5 Å². The molecule has 0 N–H and O–H groups in total. The molecule has 0 bridgehead atoms. The highest BCUT2D eigenvalue weighted by Gasteiger charge is 2.83.